The van der Waals surface area contributed by atoms with E-state index in [1.165, 1.54) is 11.3 Å². The van der Waals surface area contributed by atoms with Crippen molar-refractivity contribution >= 4 is 39.2 Å². The number of imidazole rings is 1. The smallest absolute Gasteiger partial charge is 0.265 e. The first kappa shape index (κ1) is 13.2. The molecule has 0 saturated carbocycles. The lowest BCUT2D eigenvalue weighted by Gasteiger charge is -2.04. The third-order valence-electron chi connectivity index (χ3n) is 3.28. The monoisotopic (exact) mass is 325 g/mol. The Morgan fingerprint density at radius 2 is 1.95 bits per heavy atom. The largest absolute Gasteiger partial charge is 0.321 e. The molecule has 108 valence electrons. The zero-order valence-corrected chi connectivity index (χ0v) is 13.0. The van der Waals surface area contributed by atoms with Gasteiger partial charge < -0.3 is 5.32 Å². The van der Waals surface area contributed by atoms with Crippen LogP contribution in [0.4, 0.5) is 5.69 Å². The number of nitrogens with zero attached hydrogens (tertiary/aromatic N) is 2. The standard InChI is InChI=1S/C16H11N3OS2/c20-15(14-2-1-8-21-14)17-12-5-3-11(4-6-12)13-10-19-7-9-22-16(19)18-13/h1-10H,(H,17,20). The third kappa shape index (κ3) is 2.43. The van der Waals surface area contributed by atoms with E-state index in [4.69, 9.17) is 0 Å². The van der Waals surface area contributed by atoms with E-state index >= 15 is 0 Å². The number of hydrogen-bond acceptors (Lipinski definition) is 4. The third-order valence-corrected chi connectivity index (χ3v) is 4.92. The summed E-state index contributed by atoms with van der Waals surface area (Å²) >= 11 is 3.04. The average molecular weight is 325 g/mol. The zero-order chi connectivity index (χ0) is 14.9. The predicted octanol–water partition coefficient (Wildman–Crippen LogP) is 4.38. The molecule has 4 nitrogen and oxygen atoms in total. The minimum absolute atomic E-state index is 0.0785. The first-order valence-corrected chi connectivity index (χ1v) is 8.43. The van der Waals surface area contributed by atoms with E-state index in [1.807, 2.05) is 64.0 Å². The molecule has 0 bridgehead atoms. The van der Waals surface area contributed by atoms with Crippen LogP contribution in [0.5, 0.6) is 0 Å². The van der Waals surface area contributed by atoms with Gasteiger partial charge in [-0.2, -0.15) is 0 Å². The van der Waals surface area contributed by atoms with Crippen molar-refractivity contribution in [2.24, 2.45) is 0 Å². The molecule has 0 atom stereocenters. The molecule has 1 aromatic carbocycles. The molecule has 0 fully saturated rings. The van der Waals surface area contributed by atoms with Crippen molar-refractivity contribution in [1.29, 1.82) is 0 Å². The van der Waals surface area contributed by atoms with Crippen LogP contribution in [-0.2, 0) is 0 Å². The first-order valence-electron chi connectivity index (χ1n) is 6.67. The molecule has 0 aliphatic heterocycles. The lowest BCUT2D eigenvalue weighted by atomic mass is 10.1. The molecule has 0 aliphatic rings. The molecule has 6 heteroatoms. The van der Waals surface area contributed by atoms with E-state index in [9.17, 15) is 4.79 Å². The SMILES string of the molecule is O=C(Nc1ccc(-c2cn3ccsc3n2)cc1)c1cccs1. The summed E-state index contributed by atoms with van der Waals surface area (Å²) in [5.74, 6) is -0.0785. The van der Waals surface area contributed by atoms with Gasteiger partial charge in [-0.3, -0.25) is 9.20 Å². The van der Waals surface area contributed by atoms with Gasteiger partial charge in [-0.1, -0.05) is 18.2 Å². The molecular weight excluding hydrogens is 314 g/mol. The maximum absolute atomic E-state index is 12.0. The maximum Gasteiger partial charge on any atom is 0.265 e. The molecular formula is C16H11N3OS2. The number of carbonyl (C=O) groups is 1. The Morgan fingerprint density at radius 1 is 1.09 bits per heavy atom. The first-order chi connectivity index (χ1) is 10.8. The molecule has 4 aromatic rings. The number of carbonyl (C=O) groups excluding carboxylic acids is 1. The van der Waals surface area contributed by atoms with Crippen LogP contribution in [0.15, 0.2) is 59.6 Å². The Hall–Kier alpha value is -2.44. The number of amides is 1. The molecule has 0 unspecified atom stereocenters. The van der Waals surface area contributed by atoms with Crippen molar-refractivity contribution in [2.45, 2.75) is 0 Å². The van der Waals surface area contributed by atoms with Crippen molar-refractivity contribution in [2.75, 3.05) is 5.32 Å². The summed E-state index contributed by atoms with van der Waals surface area (Å²) in [7, 11) is 0. The van der Waals surface area contributed by atoms with Crippen molar-refractivity contribution in [3.8, 4) is 11.3 Å². The number of anilines is 1. The highest BCUT2D eigenvalue weighted by Gasteiger charge is 2.08. The zero-order valence-electron chi connectivity index (χ0n) is 11.4. The predicted molar refractivity (Wildman–Crippen MR) is 90.8 cm³/mol. The average Bonchev–Trinajstić information content (AvgIpc) is 3.24. The lowest BCUT2D eigenvalue weighted by molar-refractivity contribution is 0.103. The van der Waals surface area contributed by atoms with Gasteiger partial charge in [-0.15, -0.1) is 22.7 Å². The van der Waals surface area contributed by atoms with Crippen molar-refractivity contribution < 1.29 is 4.79 Å². The number of thiophene rings is 1. The molecule has 22 heavy (non-hydrogen) atoms. The van der Waals surface area contributed by atoms with Gasteiger partial charge in [0.15, 0.2) is 4.96 Å². The molecule has 0 saturated heterocycles. The van der Waals surface area contributed by atoms with Crippen LogP contribution in [0.3, 0.4) is 0 Å². The van der Waals surface area contributed by atoms with Crippen LogP contribution >= 0.6 is 22.7 Å². The molecule has 1 amide bonds. The van der Waals surface area contributed by atoms with Gasteiger partial charge in [0, 0.05) is 29.0 Å². The van der Waals surface area contributed by atoms with E-state index < -0.39 is 0 Å². The summed E-state index contributed by atoms with van der Waals surface area (Å²) in [6.45, 7) is 0. The van der Waals surface area contributed by atoms with E-state index in [0.29, 0.717) is 4.88 Å². The Morgan fingerprint density at radius 3 is 2.68 bits per heavy atom. The molecule has 0 spiro atoms. The van der Waals surface area contributed by atoms with Crippen LogP contribution in [0, 0.1) is 0 Å². The van der Waals surface area contributed by atoms with Gasteiger partial charge in [-0.25, -0.2) is 4.98 Å². The van der Waals surface area contributed by atoms with Gasteiger partial charge in [-0.05, 0) is 23.6 Å². The van der Waals surface area contributed by atoms with E-state index in [2.05, 4.69) is 10.3 Å². The second-order valence-electron chi connectivity index (χ2n) is 4.73. The minimum atomic E-state index is -0.0785. The number of hydrogen-bond donors (Lipinski definition) is 1. The van der Waals surface area contributed by atoms with Crippen LogP contribution in [-0.4, -0.2) is 15.3 Å². The molecule has 4 rings (SSSR count). The Balaban J connectivity index is 1.55. The molecule has 0 radical (unpaired) electrons. The highest BCUT2D eigenvalue weighted by atomic mass is 32.1. The van der Waals surface area contributed by atoms with Gasteiger partial charge in [0.05, 0.1) is 10.6 Å². The molecule has 3 aromatic heterocycles. The normalized spacial score (nSPS) is 10.9. The second-order valence-corrected chi connectivity index (χ2v) is 6.55. The van der Waals surface area contributed by atoms with Gasteiger partial charge in [0.1, 0.15) is 0 Å². The summed E-state index contributed by atoms with van der Waals surface area (Å²) in [5, 5.41) is 6.79. The number of rotatable bonds is 3. The summed E-state index contributed by atoms with van der Waals surface area (Å²) in [4.78, 5) is 18.3. The molecule has 0 aliphatic carbocycles. The molecule has 1 N–H and O–H groups in total. The van der Waals surface area contributed by atoms with E-state index in [-0.39, 0.29) is 5.91 Å². The van der Waals surface area contributed by atoms with Crippen LogP contribution in [0.25, 0.3) is 16.2 Å². The van der Waals surface area contributed by atoms with Crippen LogP contribution in [0.2, 0.25) is 0 Å². The number of nitrogens with one attached hydrogen (secondary N) is 1. The van der Waals surface area contributed by atoms with E-state index in [0.717, 1.165) is 21.9 Å². The van der Waals surface area contributed by atoms with Crippen molar-refractivity contribution in [1.82, 2.24) is 9.38 Å². The highest BCUT2D eigenvalue weighted by molar-refractivity contribution is 7.15. The maximum atomic E-state index is 12.0. The molecule has 3 heterocycles. The fourth-order valence-electron chi connectivity index (χ4n) is 2.19. The van der Waals surface area contributed by atoms with Crippen molar-refractivity contribution in [3.63, 3.8) is 0 Å². The van der Waals surface area contributed by atoms with Crippen LogP contribution in [0.1, 0.15) is 9.67 Å². The number of aromatic nitrogens is 2. The lowest BCUT2D eigenvalue weighted by Crippen LogP contribution is -2.09. The summed E-state index contributed by atoms with van der Waals surface area (Å²) < 4.78 is 2.01. The Bertz CT molecular complexity index is 892. The minimum Gasteiger partial charge on any atom is -0.321 e. The summed E-state index contributed by atoms with van der Waals surface area (Å²) in [6, 6.07) is 11.4. The Labute approximate surface area is 134 Å². The topological polar surface area (TPSA) is 46.4 Å². The number of thiazole rings is 1. The van der Waals surface area contributed by atoms with Crippen molar-refractivity contribution in [3.05, 3.63) is 64.4 Å². The van der Waals surface area contributed by atoms with Gasteiger partial charge in [0.25, 0.3) is 5.91 Å². The van der Waals surface area contributed by atoms with Gasteiger partial charge >= 0.3 is 0 Å². The number of benzene rings is 1. The summed E-state index contributed by atoms with van der Waals surface area (Å²) in [6.07, 6.45) is 4.00. The Kier molecular flexibility index (Phi) is 3.25. The fourth-order valence-corrected chi connectivity index (χ4v) is 3.51. The van der Waals surface area contributed by atoms with E-state index in [1.54, 1.807) is 11.3 Å². The summed E-state index contributed by atoms with van der Waals surface area (Å²) in [5.41, 5.74) is 2.75. The fraction of sp³-hybridized carbons (Fsp3) is 0. The second kappa shape index (κ2) is 5.40. The quantitative estimate of drug-likeness (QED) is 0.608. The van der Waals surface area contributed by atoms with Crippen LogP contribution < -0.4 is 5.32 Å². The number of fused-ring (bicyclic) bond motifs is 1. The highest BCUT2D eigenvalue weighted by Crippen LogP contribution is 2.23. The van der Waals surface area contributed by atoms with Gasteiger partial charge in [0.2, 0.25) is 0 Å².